The van der Waals surface area contributed by atoms with Crippen LogP contribution in [0, 0.1) is 0 Å². The third-order valence-electron chi connectivity index (χ3n) is 10.7. The third kappa shape index (κ3) is 4.78. The molecule has 252 valence electrons. The van der Waals surface area contributed by atoms with E-state index >= 15 is 0 Å². The molecule has 0 atom stereocenters. The first-order valence-corrected chi connectivity index (χ1v) is 18.3. The Morgan fingerprint density at radius 2 is 1.02 bits per heavy atom. The van der Waals surface area contributed by atoms with Crippen LogP contribution in [-0.2, 0) is 0 Å². The molecule has 0 aliphatic rings. The third-order valence-corrected chi connectivity index (χ3v) is 10.7. The molecular formula is C50H32N4. The zero-order valence-corrected chi connectivity index (χ0v) is 29.3. The molecule has 0 saturated carbocycles. The van der Waals surface area contributed by atoms with Crippen LogP contribution in [0.15, 0.2) is 194 Å². The minimum atomic E-state index is 0.699. The van der Waals surface area contributed by atoms with Crippen molar-refractivity contribution in [2.24, 2.45) is 0 Å². The lowest BCUT2D eigenvalue weighted by Gasteiger charge is -2.15. The summed E-state index contributed by atoms with van der Waals surface area (Å²) in [5, 5.41) is 7.03. The summed E-state index contributed by atoms with van der Waals surface area (Å²) in [7, 11) is 0. The quantitative estimate of drug-likeness (QED) is 0.180. The van der Waals surface area contributed by atoms with Gasteiger partial charge in [0.2, 0.25) is 0 Å². The Morgan fingerprint density at radius 3 is 1.85 bits per heavy atom. The van der Waals surface area contributed by atoms with Gasteiger partial charge in [0.05, 0.1) is 27.8 Å². The number of benzene rings is 8. The second-order valence-corrected chi connectivity index (χ2v) is 13.8. The Balaban J connectivity index is 1.10. The molecular weight excluding hydrogens is 657 g/mol. The topological polar surface area (TPSA) is 35.6 Å². The van der Waals surface area contributed by atoms with Crippen LogP contribution in [0.5, 0.6) is 0 Å². The summed E-state index contributed by atoms with van der Waals surface area (Å²) in [6, 6.07) is 66.8. The largest absolute Gasteiger partial charge is 0.317 e. The van der Waals surface area contributed by atoms with Gasteiger partial charge in [0, 0.05) is 50.2 Å². The molecule has 3 aromatic heterocycles. The zero-order valence-electron chi connectivity index (χ0n) is 29.3. The smallest absolute Gasteiger partial charge is 0.160 e. The summed E-state index contributed by atoms with van der Waals surface area (Å²) < 4.78 is 4.65. The van der Waals surface area contributed by atoms with Gasteiger partial charge in [0.25, 0.3) is 0 Å². The van der Waals surface area contributed by atoms with Crippen molar-refractivity contribution in [2.45, 2.75) is 0 Å². The predicted molar refractivity (Wildman–Crippen MR) is 225 cm³/mol. The van der Waals surface area contributed by atoms with E-state index in [-0.39, 0.29) is 0 Å². The average molecular weight is 689 g/mol. The van der Waals surface area contributed by atoms with E-state index in [2.05, 4.69) is 203 Å². The lowest BCUT2D eigenvalue weighted by Crippen LogP contribution is -1.98. The molecule has 0 unspecified atom stereocenters. The maximum Gasteiger partial charge on any atom is 0.160 e. The number of aromatic nitrogens is 4. The Labute approximate surface area is 311 Å². The molecule has 8 aromatic carbocycles. The van der Waals surface area contributed by atoms with Crippen LogP contribution in [0.1, 0.15) is 0 Å². The van der Waals surface area contributed by atoms with Crippen LogP contribution in [0.4, 0.5) is 0 Å². The van der Waals surface area contributed by atoms with Gasteiger partial charge in [-0.15, -0.1) is 0 Å². The van der Waals surface area contributed by atoms with E-state index in [1.807, 2.05) is 0 Å². The van der Waals surface area contributed by atoms with E-state index in [4.69, 9.17) is 9.97 Å². The molecule has 0 N–H and O–H groups in total. The summed E-state index contributed by atoms with van der Waals surface area (Å²) in [5.41, 5.74) is 12.0. The van der Waals surface area contributed by atoms with Crippen molar-refractivity contribution in [3.8, 4) is 45.1 Å². The molecule has 4 heteroatoms. The van der Waals surface area contributed by atoms with Gasteiger partial charge in [-0.1, -0.05) is 133 Å². The van der Waals surface area contributed by atoms with E-state index in [1.54, 1.807) is 0 Å². The zero-order chi connectivity index (χ0) is 35.6. The number of hydrogen-bond acceptors (Lipinski definition) is 2. The summed E-state index contributed by atoms with van der Waals surface area (Å²) in [6.45, 7) is 0. The molecule has 0 fully saturated rings. The number of rotatable bonds is 5. The molecule has 0 aliphatic heterocycles. The summed E-state index contributed by atoms with van der Waals surface area (Å²) in [6.07, 6.45) is 2.17. The van der Waals surface area contributed by atoms with Crippen LogP contribution < -0.4 is 0 Å². The maximum absolute atomic E-state index is 5.39. The number of fused-ring (bicyclic) bond motifs is 6. The molecule has 0 radical (unpaired) electrons. The Morgan fingerprint density at radius 1 is 0.370 bits per heavy atom. The SMILES string of the molecule is c1ccc(-c2ccc(-c3nc(-c4cccc(-n5c6ccccc6c6cc7c(ccn7-c7ccccc7)cc65)c4)nc4ccccc34)c3ccccc23)cc1. The highest BCUT2D eigenvalue weighted by molar-refractivity contribution is 6.13. The van der Waals surface area contributed by atoms with Gasteiger partial charge < -0.3 is 9.13 Å². The molecule has 0 saturated heterocycles. The van der Waals surface area contributed by atoms with Gasteiger partial charge in [-0.05, 0) is 76.5 Å². The van der Waals surface area contributed by atoms with Crippen molar-refractivity contribution in [3.63, 3.8) is 0 Å². The molecule has 11 aromatic rings. The maximum atomic E-state index is 5.39. The average Bonchev–Trinajstić information content (AvgIpc) is 3.81. The van der Waals surface area contributed by atoms with Crippen molar-refractivity contribution < 1.29 is 0 Å². The van der Waals surface area contributed by atoms with Crippen LogP contribution in [0.3, 0.4) is 0 Å². The van der Waals surface area contributed by atoms with Crippen molar-refractivity contribution >= 4 is 54.4 Å². The highest BCUT2D eigenvalue weighted by Gasteiger charge is 2.18. The monoisotopic (exact) mass is 688 g/mol. The van der Waals surface area contributed by atoms with Gasteiger partial charge in [0.1, 0.15) is 0 Å². The van der Waals surface area contributed by atoms with Gasteiger partial charge in [-0.3, -0.25) is 0 Å². The number of nitrogens with zero attached hydrogens (tertiary/aromatic N) is 4. The van der Waals surface area contributed by atoms with Gasteiger partial charge in [-0.25, -0.2) is 9.97 Å². The van der Waals surface area contributed by atoms with E-state index in [0.717, 1.165) is 50.1 Å². The predicted octanol–water partition coefficient (Wildman–Crippen LogP) is 12.8. The Kier molecular flexibility index (Phi) is 6.82. The highest BCUT2D eigenvalue weighted by atomic mass is 15.0. The first kappa shape index (κ1) is 30.3. The Bertz CT molecular complexity index is 3210. The molecule has 3 heterocycles. The minimum absolute atomic E-state index is 0.699. The standard InChI is InChI=1S/C50H32N4/c1-3-14-33(15-4-1)38-26-27-42(40-21-8-7-20-39(38)40)49-43-23-9-11-24-45(43)51-50(52-49)35-16-13-19-37(30-35)54-46-25-12-10-22-41(46)44-32-47-34(31-48(44)54)28-29-53(47)36-17-5-2-6-18-36/h1-32H. The lowest BCUT2D eigenvalue weighted by atomic mass is 9.93. The van der Waals surface area contributed by atoms with E-state index < -0.39 is 0 Å². The van der Waals surface area contributed by atoms with E-state index in [1.165, 1.54) is 43.6 Å². The van der Waals surface area contributed by atoms with Crippen molar-refractivity contribution in [1.82, 2.24) is 19.1 Å². The number of hydrogen-bond donors (Lipinski definition) is 0. The van der Waals surface area contributed by atoms with E-state index in [0.29, 0.717) is 5.82 Å². The van der Waals surface area contributed by atoms with Crippen LogP contribution in [-0.4, -0.2) is 19.1 Å². The van der Waals surface area contributed by atoms with Gasteiger partial charge >= 0.3 is 0 Å². The van der Waals surface area contributed by atoms with Crippen LogP contribution >= 0.6 is 0 Å². The summed E-state index contributed by atoms with van der Waals surface area (Å²) in [5.74, 6) is 0.699. The number of para-hydroxylation sites is 3. The second-order valence-electron chi connectivity index (χ2n) is 13.8. The second kappa shape index (κ2) is 12.1. The van der Waals surface area contributed by atoms with Crippen molar-refractivity contribution in [3.05, 3.63) is 194 Å². The normalized spacial score (nSPS) is 11.7. The molecule has 0 spiro atoms. The van der Waals surface area contributed by atoms with E-state index in [9.17, 15) is 0 Å². The fraction of sp³-hybridized carbons (Fsp3) is 0. The van der Waals surface area contributed by atoms with Crippen LogP contribution in [0.25, 0.3) is 99.5 Å². The molecule has 0 bridgehead atoms. The van der Waals surface area contributed by atoms with Crippen molar-refractivity contribution in [2.75, 3.05) is 0 Å². The Hall–Kier alpha value is -7.30. The molecule has 0 amide bonds. The highest BCUT2D eigenvalue weighted by Crippen LogP contribution is 2.40. The first-order valence-electron chi connectivity index (χ1n) is 18.3. The minimum Gasteiger partial charge on any atom is -0.317 e. The first-order chi connectivity index (χ1) is 26.8. The molecule has 0 aliphatic carbocycles. The molecule has 4 nitrogen and oxygen atoms in total. The summed E-state index contributed by atoms with van der Waals surface area (Å²) >= 11 is 0. The lowest BCUT2D eigenvalue weighted by molar-refractivity contribution is 1.13. The van der Waals surface area contributed by atoms with Gasteiger partial charge in [-0.2, -0.15) is 0 Å². The fourth-order valence-corrected chi connectivity index (χ4v) is 8.26. The molecule has 54 heavy (non-hydrogen) atoms. The van der Waals surface area contributed by atoms with Crippen LogP contribution in [0.2, 0.25) is 0 Å². The fourth-order valence-electron chi connectivity index (χ4n) is 8.26. The molecule has 11 rings (SSSR count). The summed E-state index contributed by atoms with van der Waals surface area (Å²) in [4.78, 5) is 10.6. The van der Waals surface area contributed by atoms with Crippen molar-refractivity contribution in [1.29, 1.82) is 0 Å². The van der Waals surface area contributed by atoms with Gasteiger partial charge in [0.15, 0.2) is 5.82 Å².